The highest BCUT2D eigenvalue weighted by Crippen LogP contribution is 2.26. The van der Waals surface area contributed by atoms with Crippen LogP contribution in [0.15, 0.2) is 54.7 Å². The van der Waals surface area contributed by atoms with Gasteiger partial charge in [-0.25, -0.2) is 0 Å². The smallest absolute Gasteiger partial charge is 0.150 e. The second kappa shape index (κ2) is 14.7. The maximum atomic E-state index is 11.8. The summed E-state index contributed by atoms with van der Waals surface area (Å²) >= 11 is 0. The highest BCUT2D eigenvalue weighted by Gasteiger charge is 2.19. The highest BCUT2D eigenvalue weighted by atomic mass is 16.1. The molecule has 0 amide bonds. The summed E-state index contributed by atoms with van der Waals surface area (Å²) in [5.41, 5.74) is 5.17. The summed E-state index contributed by atoms with van der Waals surface area (Å²) in [5, 5.41) is 1.22. The molecule has 0 aliphatic carbocycles. The molecule has 206 valence electrons. The number of aldehydes is 3. The van der Waals surface area contributed by atoms with Gasteiger partial charge >= 0.3 is 0 Å². The van der Waals surface area contributed by atoms with E-state index in [1.54, 1.807) is 0 Å². The maximum Gasteiger partial charge on any atom is 0.150 e. The van der Waals surface area contributed by atoms with Gasteiger partial charge in [-0.2, -0.15) is 0 Å². The molecule has 1 aliphatic heterocycles. The Hall–Kier alpha value is -3.42. The van der Waals surface area contributed by atoms with Crippen LogP contribution in [0.4, 0.5) is 5.69 Å². The molecular weight excluding hydrogens is 488 g/mol. The van der Waals surface area contributed by atoms with Crippen molar-refractivity contribution in [2.75, 3.05) is 44.7 Å². The first-order chi connectivity index (χ1) is 19.1. The number of benzene rings is 2. The van der Waals surface area contributed by atoms with Crippen LogP contribution in [0.5, 0.6) is 0 Å². The van der Waals surface area contributed by atoms with Crippen molar-refractivity contribution in [2.24, 2.45) is 0 Å². The topological polar surface area (TPSA) is 73.8 Å². The maximum absolute atomic E-state index is 11.8. The van der Waals surface area contributed by atoms with E-state index in [2.05, 4.69) is 45.1 Å². The first-order valence-electron chi connectivity index (χ1n) is 14.1. The summed E-state index contributed by atoms with van der Waals surface area (Å²) in [7, 11) is 1.88. The van der Waals surface area contributed by atoms with Crippen LogP contribution in [-0.4, -0.2) is 79.5 Å². The minimum Gasteiger partial charge on any atom is -0.368 e. The van der Waals surface area contributed by atoms with E-state index in [9.17, 15) is 14.4 Å². The second-order valence-electron chi connectivity index (χ2n) is 10.5. The van der Waals surface area contributed by atoms with Gasteiger partial charge in [-0.15, -0.1) is 0 Å². The number of fused-ring (bicyclic) bond motifs is 1. The second-order valence-corrected chi connectivity index (χ2v) is 10.5. The number of aryl methyl sites for hydroxylation is 1. The Labute approximate surface area is 231 Å². The monoisotopic (exact) mass is 528 g/mol. The van der Waals surface area contributed by atoms with Gasteiger partial charge in [0.2, 0.25) is 0 Å². The molecule has 4 rings (SSSR count). The number of para-hydroxylation sites is 1. The minimum atomic E-state index is -0.333. The van der Waals surface area contributed by atoms with Gasteiger partial charge in [-0.1, -0.05) is 42.8 Å². The van der Waals surface area contributed by atoms with Crippen LogP contribution < -0.4 is 4.90 Å². The third kappa shape index (κ3) is 7.58. The van der Waals surface area contributed by atoms with Gasteiger partial charge in [-0.05, 0) is 62.5 Å². The third-order valence-electron chi connectivity index (χ3n) is 7.91. The van der Waals surface area contributed by atoms with Crippen molar-refractivity contribution in [2.45, 2.75) is 51.1 Å². The van der Waals surface area contributed by atoms with E-state index in [-0.39, 0.29) is 6.04 Å². The number of anilines is 1. The first kappa shape index (κ1) is 28.6. The molecule has 0 radical (unpaired) electrons. The number of rotatable bonds is 15. The molecule has 1 saturated heterocycles. The zero-order chi connectivity index (χ0) is 27.5. The number of piperazine rings is 1. The molecule has 2 aromatic carbocycles. The SMILES string of the molecule is CN(Cc1c(C=O)cccc1CCCCCN1CCN(c2ccnc3ccccc23)CC1)C(C=O)CCC=O. The predicted molar refractivity (Wildman–Crippen MR) is 156 cm³/mol. The van der Waals surface area contributed by atoms with Crippen LogP contribution in [0.3, 0.4) is 0 Å². The molecule has 7 heteroatoms. The number of carbonyl (C=O) groups excluding carboxylic acids is 3. The third-order valence-corrected chi connectivity index (χ3v) is 7.91. The number of hydrogen-bond acceptors (Lipinski definition) is 7. The molecule has 39 heavy (non-hydrogen) atoms. The number of unbranched alkanes of at least 4 members (excludes halogenated alkanes) is 2. The number of nitrogens with zero attached hydrogens (tertiary/aromatic N) is 4. The van der Waals surface area contributed by atoms with Gasteiger partial charge in [-0.3, -0.25) is 19.6 Å². The van der Waals surface area contributed by atoms with Crippen molar-refractivity contribution in [1.29, 1.82) is 0 Å². The average molecular weight is 529 g/mol. The average Bonchev–Trinajstić information content (AvgIpc) is 2.98. The molecule has 1 aliphatic rings. The molecule has 1 unspecified atom stereocenters. The van der Waals surface area contributed by atoms with Gasteiger partial charge in [0.25, 0.3) is 0 Å². The van der Waals surface area contributed by atoms with Crippen molar-refractivity contribution < 1.29 is 14.4 Å². The molecule has 3 aromatic rings. The zero-order valence-electron chi connectivity index (χ0n) is 23.0. The molecule has 2 heterocycles. The quantitative estimate of drug-likeness (QED) is 0.211. The fourth-order valence-corrected chi connectivity index (χ4v) is 5.59. The van der Waals surface area contributed by atoms with Gasteiger partial charge in [0.1, 0.15) is 18.9 Å². The minimum absolute atomic E-state index is 0.333. The van der Waals surface area contributed by atoms with Crippen LogP contribution in [0, 0.1) is 0 Å². The Bertz CT molecular complexity index is 1230. The Balaban J connectivity index is 1.24. The van der Waals surface area contributed by atoms with E-state index in [4.69, 9.17) is 0 Å². The van der Waals surface area contributed by atoms with Gasteiger partial charge < -0.3 is 14.5 Å². The molecule has 0 saturated carbocycles. The van der Waals surface area contributed by atoms with Crippen LogP contribution in [0.2, 0.25) is 0 Å². The largest absolute Gasteiger partial charge is 0.368 e. The molecule has 7 nitrogen and oxygen atoms in total. The van der Waals surface area contributed by atoms with Gasteiger partial charge in [0.15, 0.2) is 0 Å². The Morgan fingerprint density at radius 2 is 1.77 bits per heavy atom. The van der Waals surface area contributed by atoms with E-state index in [0.29, 0.717) is 24.9 Å². The van der Waals surface area contributed by atoms with E-state index < -0.39 is 0 Å². The lowest BCUT2D eigenvalue weighted by molar-refractivity contribution is -0.113. The lowest BCUT2D eigenvalue weighted by Gasteiger charge is -2.36. The van der Waals surface area contributed by atoms with Crippen LogP contribution >= 0.6 is 0 Å². The van der Waals surface area contributed by atoms with Crippen LogP contribution in [0.1, 0.15) is 53.6 Å². The highest BCUT2D eigenvalue weighted by molar-refractivity contribution is 5.91. The van der Waals surface area contributed by atoms with Gasteiger partial charge in [0.05, 0.1) is 11.6 Å². The molecule has 0 bridgehead atoms. The van der Waals surface area contributed by atoms with Gasteiger partial charge in [0, 0.05) is 62.0 Å². The van der Waals surface area contributed by atoms with Crippen molar-refractivity contribution >= 4 is 35.4 Å². The molecule has 1 fully saturated rings. The molecule has 1 aromatic heterocycles. The normalized spacial score (nSPS) is 15.0. The van der Waals surface area contributed by atoms with Crippen molar-refractivity contribution in [1.82, 2.24) is 14.8 Å². The summed E-state index contributed by atoms with van der Waals surface area (Å²) in [5.74, 6) is 0. The van der Waals surface area contributed by atoms with Crippen LogP contribution in [0.25, 0.3) is 10.9 Å². The predicted octanol–water partition coefficient (Wildman–Crippen LogP) is 4.56. The molecule has 0 spiro atoms. The number of hydrogen-bond donors (Lipinski definition) is 0. The number of likely N-dealkylation sites (N-methyl/N-ethyl adjacent to an activating group) is 1. The summed E-state index contributed by atoms with van der Waals surface area (Å²) in [6.45, 7) is 5.80. The zero-order valence-corrected chi connectivity index (χ0v) is 23.0. The lowest BCUT2D eigenvalue weighted by Crippen LogP contribution is -2.46. The summed E-state index contributed by atoms with van der Waals surface area (Å²) < 4.78 is 0. The van der Waals surface area contributed by atoms with Crippen molar-refractivity contribution in [3.8, 4) is 0 Å². The number of pyridine rings is 1. The first-order valence-corrected chi connectivity index (χ1v) is 14.1. The number of aromatic nitrogens is 1. The Morgan fingerprint density at radius 1 is 0.949 bits per heavy atom. The number of carbonyl (C=O) groups is 3. The fraction of sp³-hybridized carbons (Fsp3) is 0.438. The van der Waals surface area contributed by atoms with Crippen LogP contribution in [-0.2, 0) is 22.6 Å². The molecule has 1 atom stereocenters. The van der Waals surface area contributed by atoms with E-state index in [0.717, 1.165) is 88.3 Å². The van der Waals surface area contributed by atoms with Crippen molar-refractivity contribution in [3.63, 3.8) is 0 Å². The van der Waals surface area contributed by atoms with Crippen molar-refractivity contribution in [3.05, 3.63) is 71.4 Å². The standard InChI is InChI=1S/C32H40N4O3/c1-34(28(25-39)12-8-22-37)23-30-26(10-7-11-27(30)24-38)9-3-2-6-17-35-18-20-36(21-19-35)32-15-16-33-31-14-5-4-13-29(31)32/h4-5,7,10-11,13-16,22,24-25,28H,2-3,6,8-9,12,17-21,23H2,1H3. The Morgan fingerprint density at radius 3 is 2.54 bits per heavy atom. The lowest BCUT2D eigenvalue weighted by atomic mass is 9.96. The molecule has 0 N–H and O–H groups in total. The summed E-state index contributed by atoms with van der Waals surface area (Å²) in [6, 6.07) is 16.0. The van der Waals surface area contributed by atoms with E-state index in [1.807, 2.05) is 36.3 Å². The summed E-state index contributed by atoms with van der Waals surface area (Å²) in [6.07, 6.45) is 9.66. The van der Waals surface area contributed by atoms with E-state index in [1.165, 1.54) is 16.6 Å². The van der Waals surface area contributed by atoms with E-state index >= 15 is 0 Å². The molecular formula is C32H40N4O3. The summed E-state index contributed by atoms with van der Waals surface area (Å²) in [4.78, 5) is 45.6. The fourth-order valence-electron chi connectivity index (χ4n) is 5.59. The Kier molecular flexibility index (Phi) is 10.7.